The normalized spacial score (nSPS) is 9.90. The summed E-state index contributed by atoms with van der Waals surface area (Å²) in [6, 6.07) is 0. The predicted octanol–water partition coefficient (Wildman–Crippen LogP) is 1.76. The average Bonchev–Trinajstić information content (AvgIpc) is 2.42. The third kappa shape index (κ3) is 4.31. The van der Waals surface area contributed by atoms with E-state index in [0.29, 0.717) is 34.8 Å². The molecular formula is C14H18N2O3S. The number of carbonyl (C=O) groups excluding carboxylic acids is 1. The van der Waals surface area contributed by atoms with E-state index in [1.807, 2.05) is 0 Å². The Morgan fingerprint density at radius 3 is 2.95 bits per heavy atom. The SMILES string of the molecule is C=Cc1cnc(C)c(O)c1CC(=S)NCC(=O)OCC. The minimum atomic E-state index is -0.367. The van der Waals surface area contributed by atoms with Gasteiger partial charge in [0.2, 0.25) is 0 Å². The van der Waals surface area contributed by atoms with Gasteiger partial charge >= 0.3 is 5.97 Å². The number of hydrogen-bond donors (Lipinski definition) is 2. The molecule has 1 heterocycles. The Morgan fingerprint density at radius 2 is 2.35 bits per heavy atom. The lowest BCUT2D eigenvalue weighted by molar-refractivity contribution is -0.141. The molecule has 0 fully saturated rings. The van der Waals surface area contributed by atoms with Crippen molar-refractivity contribution in [3.63, 3.8) is 0 Å². The van der Waals surface area contributed by atoms with Crippen LogP contribution in [0.3, 0.4) is 0 Å². The molecule has 20 heavy (non-hydrogen) atoms. The summed E-state index contributed by atoms with van der Waals surface area (Å²) in [6.45, 7) is 7.48. The van der Waals surface area contributed by atoms with Gasteiger partial charge in [0, 0.05) is 18.2 Å². The van der Waals surface area contributed by atoms with Crippen LogP contribution < -0.4 is 5.32 Å². The number of nitrogens with one attached hydrogen (secondary N) is 1. The Kier molecular flexibility index (Phi) is 6.11. The molecule has 0 aliphatic rings. The van der Waals surface area contributed by atoms with E-state index in [1.54, 1.807) is 26.1 Å². The second-order valence-electron chi connectivity index (χ2n) is 4.09. The fourth-order valence-corrected chi connectivity index (χ4v) is 1.84. The van der Waals surface area contributed by atoms with Gasteiger partial charge in [-0.25, -0.2) is 0 Å². The first-order chi connectivity index (χ1) is 9.49. The zero-order valence-electron chi connectivity index (χ0n) is 11.6. The van der Waals surface area contributed by atoms with Gasteiger partial charge in [-0.2, -0.15) is 0 Å². The minimum absolute atomic E-state index is 0.0148. The van der Waals surface area contributed by atoms with E-state index in [9.17, 15) is 9.90 Å². The average molecular weight is 294 g/mol. The van der Waals surface area contributed by atoms with E-state index in [1.165, 1.54) is 0 Å². The topological polar surface area (TPSA) is 71.5 Å². The van der Waals surface area contributed by atoms with Crippen LogP contribution in [0.5, 0.6) is 5.75 Å². The van der Waals surface area contributed by atoms with Crippen LogP contribution in [0, 0.1) is 6.92 Å². The van der Waals surface area contributed by atoms with Crippen LogP contribution in [0.4, 0.5) is 0 Å². The van der Waals surface area contributed by atoms with E-state index in [-0.39, 0.29) is 18.3 Å². The summed E-state index contributed by atoms with van der Waals surface area (Å²) < 4.78 is 4.79. The molecular weight excluding hydrogens is 276 g/mol. The second kappa shape index (κ2) is 7.59. The van der Waals surface area contributed by atoms with Gasteiger partial charge < -0.3 is 15.2 Å². The fraction of sp³-hybridized carbons (Fsp3) is 0.357. The molecule has 108 valence electrons. The Hall–Kier alpha value is -1.95. The summed E-state index contributed by atoms with van der Waals surface area (Å²) in [7, 11) is 0. The van der Waals surface area contributed by atoms with Crippen LogP contribution >= 0.6 is 12.2 Å². The third-order valence-electron chi connectivity index (χ3n) is 2.67. The van der Waals surface area contributed by atoms with Gasteiger partial charge in [0.15, 0.2) is 0 Å². The maximum Gasteiger partial charge on any atom is 0.325 e. The first kappa shape index (κ1) is 16.1. The molecule has 0 saturated heterocycles. The molecule has 0 amide bonds. The number of aromatic hydroxyl groups is 1. The highest BCUT2D eigenvalue weighted by Crippen LogP contribution is 2.25. The summed E-state index contributed by atoms with van der Waals surface area (Å²) in [5.74, 6) is -0.267. The van der Waals surface area contributed by atoms with Crippen LogP contribution in [0.25, 0.3) is 6.08 Å². The number of nitrogens with zero attached hydrogens (tertiary/aromatic N) is 1. The Labute approximate surface area is 123 Å². The van der Waals surface area contributed by atoms with E-state index in [2.05, 4.69) is 16.9 Å². The van der Waals surface area contributed by atoms with Gasteiger partial charge in [-0.05, 0) is 19.4 Å². The number of pyridine rings is 1. The number of rotatable bonds is 6. The largest absolute Gasteiger partial charge is 0.506 e. The second-order valence-corrected chi connectivity index (χ2v) is 4.58. The van der Waals surface area contributed by atoms with Gasteiger partial charge in [-0.1, -0.05) is 24.9 Å². The molecule has 1 rings (SSSR count). The molecule has 0 radical (unpaired) electrons. The number of carbonyl (C=O) groups is 1. The number of aryl methyl sites for hydroxylation is 1. The molecule has 0 spiro atoms. The lowest BCUT2D eigenvalue weighted by atomic mass is 10.0. The van der Waals surface area contributed by atoms with Gasteiger partial charge in [-0.3, -0.25) is 9.78 Å². The molecule has 0 aliphatic carbocycles. The van der Waals surface area contributed by atoms with Crippen molar-refractivity contribution in [3.8, 4) is 5.75 Å². The Balaban J connectivity index is 2.73. The number of thiocarbonyl (C=S) groups is 1. The molecule has 0 saturated carbocycles. The Bertz CT molecular complexity index is 529. The van der Waals surface area contributed by atoms with Gasteiger partial charge in [0.1, 0.15) is 12.3 Å². The quantitative estimate of drug-likeness (QED) is 0.615. The maximum absolute atomic E-state index is 11.2. The van der Waals surface area contributed by atoms with Crippen molar-refractivity contribution in [1.29, 1.82) is 0 Å². The molecule has 1 aromatic rings. The summed E-state index contributed by atoms with van der Waals surface area (Å²) in [4.78, 5) is 15.7. The first-order valence-electron chi connectivity index (χ1n) is 6.21. The van der Waals surface area contributed by atoms with Crippen molar-refractivity contribution in [2.45, 2.75) is 20.3 Å². The van der Waals surface area contributed by atoms with Crippen molar-refractivity contribution < 1.29 is 14.6 Å². The standard InChI is InChI=1S/C14H18N2O3S/c1-4-10-7-15-9(3)14(18)11(10)6-12(20)16-8-13(17)19-5-2/h4,7,18H,1,5-6,8H2,2-3H3,(H,16,20). The number of aromatic nitrogens is 1. The third-order valence-corrected chi connectivity index (χ3v) is 2.96. The molecule has 6 heteroatoms. The van der Waals surface area contributed by atoms with Crippen LogP contribution in [0.15, 0.2) is 12.8 Å². The fourth-order valence-electron chi connectivity index (χ4n) is 1.63. The van der Waals surface area contributed by atoms with E-state index >= 15 is 0 Å². The highest BCUT2D eigenvalue weighted by atomic mass is 32.1. The summed E-state index contributed by atoms with van der Waals surface area (Å²) in [5.41, 5.74) is 1.89. The summed E-state index contributed by atoms with van der Waals surface area (Å²) in [5, 5.41) is 12.8. The minimum Gasteiger partial charge on any atom is -0.506 e. The highest BCUT2D eigenvalue weighted by Gasteiger charge is 2.12. The molecule has 0 aromatic carbocycles. The number of hydrogen-bond acceptors (Lipinski definition) is 5. The van der Waals surface area contributed by atoms with E-state index in [4.69, 9.17) is 17.0 Å². The van der Waals surface area contributed by atoms with Crippen LogP contribution in [0.1, 0.15) is 23.7 Å². The lowest BCUT2D eigenvalue weighted by Gasteiger charge is -2.12. The lowest BCUT2D eigenvalue weighted by Crippen LogP contribution is -2.30. The zero-order chi connectivity index (χ0) is 15.1. The van der Waals surface area contributed by atoms with Crippen LogP contribution in [-0.4, -0.2) is 34.2 Å². The highest BCUT2D eigenvalue weighted by molar-refractivity contribution is 7.80. The number of esters is 1. The monoisotopic (exact) mass is 294 g/mol. The molecule has 0 bridgehead atoms. The van der Waals surface area contributed by atoms with Gasteiger partial charge in [0.05, 0.1) is 17.3 Å². The summed E-state index contributed by atoms with van der Waals surface area (Å²) >= 11 is 5.16. The van der Waals surface area contributed by atoms with Crippen LogP contribution in [-0.2, 0) is 16.0 Å². The molecule has 0 atom stereocenters. The smallest absolute Gasteiger partial charge is 0.325 e. The van der Waals surface area contributed by atoms with Gasteiger partial charge in [-0.15, -0.1) is 0 Å². The molecule has 2 N–H and O–H groups in total. The van der Waals surface area contributed by atoms with Crippen molar-refractivity contribution in [3.05, 3.63) is 29.6 Å². The number of ether oxygens (including phenoxy) is 1. The predicted molar refractivity (Wildman–Crippen MR) is 81.7 cm³/mol. The van der Waals surface area contributed by atoms with Crippen LogP contribution in [0.2, 0.25) is 0 Å². The van der Waals surface area contributed by atoms with Crippen molar-refractivity contribution in [2.75, 3.05) is 13.2 Å². The first-order valence-corrected chi connectivity index (χ1v) is 6.62. The maximum atomic E-state index is 11.2. The molecule has 0 aliphatic heterocycles. The van der Waals surface area contributed by atoms with Crippen molar-refractivity contribution >= 4 is 29.3 Å². The van der Waals surface area contributed by atoms with Crippen molar-refractivity contribution in [2.24, 2.45) is 0 Å². The van der Waals surface area contributed by atoms with E-state index < -0.39 is 0 Å². The molecule has 5 nitrogen and oxygen atoms in total. The molecule has 1 aromatic heterocycles. The summed E-state index contributed by atoms with van der Waals surface area (Å²) in [6.07, 6.45) is 3.55. The molecule has 0 unspecified atom stereocenters. The van der Waals surface area contributed by atoms with E-state index in [0.717, 1.165) is 0 Å². The Morgan fingerprint density at radius 1 is 1.65 bits per heavy atom. The van der Waals surface area contributed by atoms with Gasteiger partial charge in [0.25, 0.3) is 0 Å². The zero-order valence-corrected chi connectivity index (χ0v) is 12.4. The van der Waals surface area contributed by atoms with Crippen molar-refractivity contribution in [1.82, 2.24) is 10.3 Å².